The molecule has 0 spiro atoms. The lowest BCUT2D eigenvalue weighted by molar-refractivity contribution is -0.0660. The molecule has 0 radical (unpaired) electrons. The molecule has 2 N–H and O–H groups in total. The Labute approximate surface area is 280 Å². The molecule has 48 heavy (non-hydrogen) atoms. The maximum Gasteiger partial charge on any atom is 0.320 e. The number of amides is 2. The molecular weight excluding hydrogens is 617 g/mol. The number of urea groups is 1. The molecule has 0 aliphatic carbocycles. The van der Waals surface area contributed by atoms with Crippen LogP contribution in [0.3, 0.4) is 0 Å². The third kappa shape index (κ3) is 7.59. The second kappa shape index (κ2) is 15.1. The number of aliphatic imine (C=N–C) groups is 3. The summed E-state index contributed by atoms with van der Waals surface area (Å²) in [5.74, 6) is 0.797. The first-order chi connectivity index (χ1) is 23.3. The van der Waals surface area contributed by atoms with Gasteiger partial charge in [0, 0.05) is 76.2 Å². The Morgan fingerprint density at radius 2 is 1.79 bits per heavy atom. The Morgan fingerprint density at radius 3 is 2.40 bits per heavy atom. The van der Waals surface area contributed by atoms with Gasteiger partial charge in [0.2, 0.25) is 5.96 Å². The molecule has 13 nitrogen and oxygen atoms in total. The fraction of sp³-hybridized carbons (Fsp3) is 0.500. The number of hydrogen-bond donors (Lipinski definition) is 2. The molecule has 254 valence electrons. The van der Waals surface area contributed by atoms with Gasteiger partial charge in [0.15, 0.2) is 12.0 Å². The normalized spacial score (nSPS) is 24.2. The zero-order valence-corrected chi connectivity index (χ0v) is 27.2. The Morgan fingerprint density at radius 1 is 1.06 bits per heavy atom. The van der Waals surface area contributed by atoms with Crippen molar-refractivity contribution >= 4 is 35.9 Å². The SMILES string of the molecule is C=N/C(=N\C(=N/C)Nc1ccc(N2CCN(C3COC3)CC2)cc1)c1ccc(O[C@H]2CCN(C(=O)N3CC[C@H](O)C3)C[C@H]2F)c(C#N)c1. The van der Waals surface area contributed by atoms with Gasteiger partial charge in [-0.1, -0.05) is 0 Å². The number of amidine groups is 1. The fourth-order valence-corrected chi connectivity index (χ4v) is 6.42. The second-order valence-corrected chi connectivity index (χ2v) is 12.4. The zero-order chi connectivity index (χ0) is 33.6. The minimum atomic E-state index is -1.44. The van der Waals surface area contributed by atoms with E-state index < -0.39 is 18.4 Å². The standard InChI is InChI=1S/C34H42FN9O4/c1-37-32(40-33(38-2)39-25-4-6-26(7-5-25)41-13-15-42(16-14-41)27-21-47-22-27)23-3-8-30(24(17-23)18-36)48-31-10-12-44(20-29(31)35)34(46)43-11-9-28(45)19-43/h3-8,17,27-29,31,45H,1,9-16,19-22H2,2H3,(H,38,39)/b40-32-/t28-,29+,31-/m0/s1. The van der Waals surface area contributed by atoms with Crippen molar-refractivity contribution in [1.82, 2.24) is 14.7 Å². The molecule has 2 aromatic rings. The van der Waals surface area contributed by atoms with Gasteiger partial charge in [0.1, 0.15) is 17.9 Å². The van der Waals surface area contributed by atoms with Crippen molar-refractivity contribution in [3.8, 4) is 11.8 Å². The van der Waals surface area contributed by atoms with Crippen LogP contribution in [0, 0.1) is 11.3 Å². The van der Waals surface area contributed by atoms with Crippen LogP contribution in [0.4, 0.5) is 20.6 Å². The lowest BCUT2D eigenvalue weighted by atomic mass is 10.1. The van der Waals surface area contributed by atoms with Crippen LogP contribution >= 0.6 is 0 Å². The molecule has 2 amide bonds. The molecular formula is C34H42FN9O4. The summed E-state index contributed by atoms with van der Waals surface area (Å²) in [4.78, 5) is 33.5. The number of guanidine groups is 1. The molecule has 14 heteroatoms. The summed E-state index contributed by atoms with van der Waals surface area (Å²) in [5, 5.41) is 22.9. The first kappa shape index (κ1) is 33.3. The Kier molecular flexibility index (Phi) is 10.5. The molecule has 0 unspecified atom stereocenters. The van der Waals surface area contributed by atoms with Crippen LogP contribution in [0.15, 0.2) is 57.4 Å². The third-order valence-electron chi connectivity index (χ3n) is 9.34. The first-order valence-corrected chi connectivity index (χ1v) is 16.4. The Balaban J connectivity index is 1.06. The smallest absolute Gasteiger partial charge is 0.320 e. The number of likely N-dealkylation sites (tertiary alicyclic amines) is 2. The first-order valence-electron chi connectivity index (χ1n) is 16.4. The summed E-state index contributed by atoms with van der Waals surface area (Å²) >= 11 is 0. The minimum Gasteiger partial charge on any atom is -0.486 e. The third-order valence-corrected chi connectivity index (χ3v) is 9.34. The second-order valence-electron chi connectivity index (χ2n) is 12.4. The molecule has 0 bridgehead atoms. The van der Waals surface area contributed by atoms with Gasteiger partial charge in [0.05, 0.1) is 37.5 Å². The lowest BCUT2D eigenvalue weighted by Gasteiger charge is -2.43. The van der Waals surface area contributed by atoms with Crippen LogP contribution in [0.25, 0.3) is 0 Å². The van der Waals surface area contributed by atoms with Gasteiger partial charge in [-0.05, 0) is 55.6 Å². The maximum atomic E-state index is 15.2. The van der Waals surface area contributed by atoms with E-state index in [-0.39, 0.29) is 42.7 Å². The average Bonchev–Trinajstić information content (AvgIpc) is 3.53. The van der Waals surface area contributed by atoms with Gasteiger partial charge in [-0.2, -0.15) is 10.3 Å². The van der Waals surface area contributed by atoms with Crippen molar-refractivity contribution in [1.29, 1.82) is 5.26 Å². The van der Waals surface area contributed by atoms with Gasteiger partial charge >= 0.3 is 6.03 Å². The van der Waals surface area contributed by atoms with E-state index >= 15 is 4.39 Å². The number of rotatable bonds is 6. The molecule has 4 aliphatic rings. The number of nitrogens with zero attached hydrogens (tertiary/aromatic N) is 8. The number of halogens is 1. The van der Waals surface area contributed by atoms with Gasteiger partial charge < -0.3 is 34.6 Å². The van der Waals surface area contributed by atoms with E-state index in [0.29, 0.717) is 37.1 Å². The number of aliphatic hydroxyl groups is 1. The summed E-state index contributed by atoms with van der Waals surface area (Å²) in [7, 11) is 1.62. The molecule has 3 atom stereocenters. The monoisotopic (exact) mass is 659 g/mol. The van der Waals surface area contributed by atoms with Crippen molar-refractivity contribution < 1.29 is 23.8 Å². The van der Waals surface area contributed by atoms with Crippen molar-refractivity contribution in [2.45, 2.75) is 37.3 Å². The van der Waals surface area contributed by atoms with E-state index in [1.54, 1.807) is 30.1 Å². The highest BCUT2D eigenvalue weighted by atomic mass is 19.1. The predicted octanol–water partition coefficient (Wildman–Crippen LogP) is 2.60. The van der Waals surface area contributed by atoms with E-state index in [2.05, 4.69) is 55.0 Å². The number of hydrogen-bond acceptors (Lipinski definition) is 8. The molecule has 0 aromatic heterocycles. The van der Waals surface area contributed by atoms with Gasteiger partial charge in [0.25, 0.3) is 0 Å². The number of piperazine rings is 1. The fourth-order valence-electron chi connectivity index (χ4n) is 6.42. The van der Waals surface area contributed by atoms with Gasteiger partial charge in [-0.25, -0.2) is 14.2 Å². The van der Waals surface area contributed by atoms with Gasteiger partial charge in [-0.15, -0.1) is 0 Å². The number of ether oxygens (including phenoxy) is 2. The van der Waals surface area contributed by atoms with E-state index in [4.69, 9.17) is 9.47 Å². The number of carbonyl (C=O) groups excluding carboxylic acids is 1. The topological polar surface area (TPSA) is 142 Å². The number of anilines is 2. The minimum absolute atomic E-state index is 0.115. The molecule has 2 aromatic carbocycles. The highest BCUT2D eigenvalue weighted by molar-refractivity contribution is 6.10. The summed E-state index contributed by atoms with van der Waals surface area (Å²) in [6, 6.07) is 15.4. The molecule has 6 rings (SSSR count). The average molecular weight is 660 g/mol. The molecule has 4 heterocycles. The van der Waals surface area contributed by atoms with Crippen LogP contribution in [0.1, 0.15) is 24.0 Å². The highest BCUT2D eigenvalue weighted by Crippen LogP contribution is 2.27. The van der Waals surface area contributed by atoms with Crippen LogP contribution in [0.2, 0.25) is 0 Å². The van der Waals surface area contributed by atoms with E-state index in [9.17, 15) is 15.2 Å². The molecule has 4 aliphatic heterocycles. The summed E-state index contributed by atoms with van der Waals surface area (Å²) in [5.41, 5.74) is 2.68. The van der Waals surface area contributed by atoms with Crippen LogP contribution < -0.4 is 15.0 Å². The zero-order valence-electron chi connectivity index (χ0n) is 27.2. The van der Waals surface area contributed by atoms with Crippen LogP contribution in [0.5, 0.6) is 5.75 Å². The molecule has 0 saturated carbocycles. The van der Waals surface area contributed by atoms with Crippen LogP contribution in [-0.4, -0.2) is 141 Å². The van der Waals surface area contributed by atoms with Crippen molar-refractivity contribution in [2.24, 2.45) is 15.0 Å². The van der Waals surface area contributed by atoms with Crippen molar-refractivity contribution in [2.75, 3.05) is 82.8 Å². The predicted molar refractivity (Wildman–Crippen MR) is 182 cm³/mol. The number of benzene rings is 2. The Bertz CT molecular complexity index is 1570. The number of alkyl halides is 1. The van der Waals surface area contributed by atoms with E-state index in [1.165, 1.54) is 4.90 Å². The number of nitrogens with one attached hydrogen (secondary N) is 1. The summed E-state index contributed by atoms with van der Waals surface area (Å²) in [6.45, 7) is 10.3. The summed E-state index contributed by atoms with van der Waals surface area (Å²) < 4.78 is 26.5. The maximum absolute atomic E-state index is 15.2. The lowest BCUT2D eigenvalue weighted by Crippen LogP contribution is -2.56. The van der Waals surface area contributed by atoms with Crippen molar-refractivity contribution in [3.63, 3.8) is 0 Å². The largest absolute Gasteiger partial charge is 0.486 e. The van der Waals surface area contributed by atoms with E-state index in [0.717, 1.165) is 50.8 Å². The van der Waals surface area contributed by atoms with E-state index in [1.807, 2.05) is 12.1 Å². The van der Waals surface area contributed by atoms with Crippen LogP contribution in [-0.2, 0) is 4.74 Å². The molecule has 4 fully saturated rings. The highest BCUT2D eigenvalue weighted by Gasteiger charge is 2.37. The number of aliphatic hydroxyl groups excluding tert-OH is 1. The van der Waals surface area contributed by atoms with Crippen molar-refractivity contribution in [3.05, 3.63) is 53.6 Å². The quantitative estimate of drug-likeness (QED) is 0.356. The summed E-state index contributed by atoms with van der Waals surface area (Å²) in [6.07, 6.45) is -1.99. The number of nitriles is 1. The van der Waals surface area contributed by atoms with Gasteiger partial charge in [-0.3, -0.25) is 9.89 Å². The molecule has 4 saturated heterocycles. The number of piperidine rings is 1. The number of β-amino-alcohol motifs (C(OH)–C–C–N with tert-alkyl or cyclic N) is 1. The Hall–Kier alpha value is -4.58. The number of carbonyl (C=O) groups is 1.